The van der Waals surface area contributed by atoms with Gasteiger partial charge in [-0.25, -0.2) is 9.67 Å². The quantitative estimate of drug-likeness (QED) is 0.823. The molecule has 0 amide bonds. The van der Waals surface area contributed by atoms with E-state index < -0.39 is 0 Å². The van der Waals surface area contributed by atoms with Gasteiger partial charge in [0.2, 0.25) is 5.13 Å². The molecule has 0 bridgehead atoms. The summed E-state index contributed by atoms with van der Waals surface area (Å²) < 4.78 is 6.26. The van der Waals surface area contributed by atoms with Gasteiger partial charge in [0.1, 0.15) is 5.82 Å². The third kappa shape index (κ3) is 2.99. The molecule has 1 saturated heterocycles. The second kappa shape index (κ2) is 6.20. The van der Waals surface area contributed by atoms with E-state index in [0.29, 0.717) is 24.4 Å². The van der Waals surface area contributed by atoms with Crippen molar-refractivity contribution in [3.8, 4) is 0 Å². The highest BCUT2D eigenvalue weighted by atomic mass is 32.1. The van der Waals surface area contributed by atoms with Crippen LogP contribution in [0, 0.1) is 0 Å². The Balaban J connectivity index is 1.35. The minimum Gasteiger partial charge on any atom is -0.342 e. The Labute approximate surface area is 151 Å². The van der Waals surface area contributed by atoms with Gasteiger partial charge in [0.25, 0.3) is 5.56 Å². The topological polar surface area (TPSA) is 63.9 Å². The molecular weight excluding hydrogens is 334 g/mol. The average Bonchev–Trinajstić information content (AvgIpc) is 3.13. The Morgan fingerprint density at radius 3 is 2.72 bits per heavy atom. The summed E-state index contributed by atoms with van der Waals surface area (Å²) in [7, 11) is 0. The Bertz CT molecular complexity index is 823. The number of hydrogen-bond donors (Lipinski definition) is 0. The van der Waals surface area contributed by atoms with Gasteiger partial charge in [0, 0.05) is 36.0 Å². The predicted molar refractivity (Wildman–Crippen MR) is 97.3 cm³/mol. The summed E-state index contributed by atoms with van der Waals surface area (Å²) in [5.41, 5.74) is 1.08. The molecule has 0 spiro atoms. The average molecular weight is 357 g/mol. The van der Waals surface area contributed by atoms with Gasteiger partial charge in [-0.05, 0) is 44.6 Å². The van der Waals surface area contributed by atoms with E-state index in [1.165, 1.54) is 43.6 Å². The number of hydrogen-bond acceptors (Lipinski definition) is 6. The molecule has 1 unspecified atom stereocenters. The molecule has 5 rings (SSSR count). The smallest absolute Gasteiger partial charge is 0.266 e. The molecule has 1 aliphatic heterocycles. The van der Waals surface area contributed by atoms with Gasteiger partial charge in [-0.15, -0.1) is 0 Å². The van der Waals surface area contributed by atoms with E-state index in [1.807, 2.05) is 6.07 Å². The first-order valence-electron chi connectivity index (χ1n) is 9.46. The predicted octanol–water partition coefficient (Wildman–Crippen LogP) is 2.91. The molecule has 7 heteroatoms. The monoisotopic (exact) mass is 357 g/mol. The fraction of sp³-hybridized carbons (Fsp3) is 0.667. The Morgan fingerprint density at radius 1 is 1.08 bits per heavy atom. The molecule has 2 aromatic rings. The second-order valence-corrected chi connectivity index (χ2v) is 8.34. The van der Waals surface area contributed by atoms with E-state index in [9.17, 15) is 4.79 Å². The molecule has 0 N–H and O–H groups in total. The van der Waals surface area contributed by atoms with Crippen LogP contribution in [0.3, 0.4) is 0 Å². The molecule has 132 valence electrons. The van der Waals surface area contributed by atoms with Crippen LogP contribution < -0.4 is 10.5 Å². The SMILES string of the molecule is O=c1ccc(C2CC2)nn1CC1CCCN1c1nc(C2CCC2)ns1. The van der Waals surface area contributed by atoms with E-state index in [1.54, 1.807) is 10.7 Å². The third-order valence-electron chi connectivity index (χ3n) is 5.79. The molecular formula is C18H23N5OS. The lowest BCUT2D eigenvalue weighted by molar-refractivity contribution is 0.404. The third-order valence-corrected chi connectivity index (χ3v) is 6.56. The van der Waals surface area contributed by atoms with Gasteiger partial charge >= 0.3 is 0 Å². The van der Waals surface area contributed by atoms with Crippen molar-refractivity contribution in [2.45, 2.75) is 69.4 Å². The van der Waals surface area contributed by atoms with Gasteiger partial charge < -0.3 is 4.90 Å². The van der Waals surface area contributed by atoms with Crippen LogP contribution in [0.1, 0.15) is 68.3 Å². The van der Waals surface area contributed by atoms with Gasteiger partial charge in [-0.2, -0.15) is 9.47 Å². The highest BCUT2D eigenvalue weighted by Crippen LogP contribution is 2.39. The first kappa shape index (κ1) is 15.5. The zero-order valence-corrected chi connectivity index (χ0v) is 15.1. The van der Waals surface area contributed by atoms with Crippen LogP contribution in [0.15, 0.2) is 16.9 Å². The van der Waals surface area contributed by atoms with Crippen molar-refractivity contribution in [3.63, 3.8) is 0 Å². The van der Waals surface area contributed by atoms with Gasteiger partial charge in [-0.3, -0.25) is 4.79 Å². The minimum atomic E-state index is 0.00340. The molecule has 0 radical (unpaired) electrons. The van der Waals surface area contributed by atoms with E-state index in [4.69, 9.17) is 4.98 Å². The number of nitrogens with zero attached hydrogens (tertiary/aromatic N) is 5. The van der Waals surface area contributed by atoms with Crippen molar-refractivity contribution in [1.29, 1.82) is 0 Å². The van der Waals surface area contributed by atoms with E-state index in [0.717, 1.165) is 36.0 Å². The fourth-order valence-electron chi connectivity index (χ4n) is 3.84. The van der Waals surface area contributed by atoms with E-state index in [2.05, 4.69) is 14.4 Å². The van der Waals surface area contributed by atoms with Crippen LogP contribution in [0.25, 0.3) is 0 Å². The van der Waals surface area contributed by atoms with Crippen molar-refractivity contribution < 1.29 is 0 Å². The summed E-state index contributed by atoms with van der Waals surface area (Å²) in [6.45, 7) is 1.65. The molecule has 2 saturated carbocycles. The molecule has 3 fully saturated rings. The Hall–Kier alpha value is -1.76. The van der Waals surface area contributed by atoms with Crippen molar-refractivity contribution in [2.75, 3.05) is 11.4 Å². The first-order chi connectivity index (χ1) is 12.3. The summed E-state index contributed by atoms with van der Waals surface area (Å²) in [5.74, 6) is 2.17. The van der Waals surface area contributed by atoms with Crippen molar-refractivity contribution >= 4 is 16.7 Å². The molecule has 3 heterocycles. The summed E-state index contributed by atoms with van der Waals surface area (Å²) in [5, 5.41) is 5.65. The lowest BCUT2D eigenvalue weighted by Crippen LogP contribution is -2.37. The minimum absolute atomic E-state index is 0.00340. The number of aromatic nitrogens is 4. The number of rotatable bonds is 5. The summed E-state index contributed by atoms with van der Waals surface area (Å²) in [6.07, 6.45) is 8.39. The van der Waals surface area contributed by atoms with Crippen molar-refractivity contribution in [2.24, 2.45) is 0 Å². The molecule has 0 aromatic carbocycles. The highest BCUT2D eigenvalue weighted by molar-refractivity contribution is 7.09. The number of anilines is 1. The maximum absolute atomic E-state index is 12.2. The molecule has 3 aliphatic rings. The van der Waals surface area contributed by atoms with Gasteiger partial charge in [0.05, 0.1) is 18.3 Å². The maximum atomic E-state index is 12.2. The molecule has 6 nitrogen and oxygen atoms in total. The summed E-state index contributed by atoms with van der Waals surface area (Å²) in [4.78, 5) is 19.4. The normalized spacial score (nSPS) is 23.8. The molecule has 25 heavy (non-hydrogen) atoms. The Kier molecular flexibility index (Phi) is 3.84. The van der Waals surface area contributed by atoms with Crippen LogP contribution in [-0.2, 0) is 6.54 Å². The fourth-order valence-corrected chi connectivity index (χ4v) is 4.69. The van der Waals surface area contributed by atoms with E-state index >= 15 is 0 Å². The highest BCUT2D eigenvalue weighted by Gasteiger charge is 2.31. The van der Waals surface area contributed by atoms with Gasteiger partial charge in [0.15, 0.2) is 0 Å². The lowest BCUT2D eigenvalue weighted by Gasteiger charge is -2.24. The Morgan fingerprint density at radius 2 is 1.96 bits per heavy atom. The summed E-state index contributed by atoms with van der Waals surface area (Å²) in [6, 6.07) is 3.87. The van der Waals surface area contributed by atoms with E-state index in [-0.39, 0.29) is 5.56 Å². The van der Waals surface area contributed by atoms with Crippen LogP contribution >= 0.6 is 11.5 Å². The van der Waals surface area contributed by atoms with Crippen LogP contribution in [0.4, 0.5) is 5.13 Å². The second-order valence-electron chi connectivity index (χ2n) is 7.61. The standard InChI is InChI=1S/C18H23N5OS/c24-16-9-8-15(12-6-7-12)20-23(16)11-14-5-2-10-22(14)18-19-17(21-25-18)13-3-1-4-13/h8-9,12-14H,1-7,10-11H2. The molecule has 1 atom stereocenters. The van der Waals surface area contributed by atoms with Crippen molar-refractivity contribution in [3.05, 3.63) is 34.0 Å². The van der Waals surface area contributed by atoms with Crippen molar-refractivity contribution in [1.82, 2.24) is 19.1 Å². The zero-order chi connectivity index (χ0) is 16.8. The van der Waals surface area contributed by atoms with Crippen LogP contribution in [-0.4, -0.2) is 31.7 Å². The maximum Gasteiger partial charge on any atom is 0.266 e. The molecule has 2 aromatic heterocycles. The largest absolute Gasteiger partial charge is 0.342 e. The lowest BCUT2D eigenvalue weighted by atomic mass is 9.85. The molecule has 2 aliphatic carbocycles. The van der Waals surface area contributed by atoms with Gasteiger partial charge in [-0.1, -0.05) is 6.42 Å². The first-order valence-corrected chi connectivity index (χ1v) is 10.2. The van der Waals surface area contributed by atoms with Crippen LogP contribution in [0.2, 0.25) is 0 Å². The van der Waals surface area contributed by atoms with Crippen LogP contribution in [0.5, 0.6) is 0 Å². The summed E-state index contributed by atoms with van der Waals surface area (Å²) >= 11 is 1.52. The zero-order valence-electron chi connectivity index (χ0n) is 14.3.